The molecule has 2 rings (SSSR count). The molecule has 2 aromatic rings. The fraction of sp³-hybridized carbons (Fsp3) is 0.333. The summed E-state index contributed by atoms with van der Waals surface area (Å²) in [6.07, 6.45) is 7.48. The summed E-state index contributed by atoms with van der Waals surface area (Å²) >= 11 is 0. The highest BCUT2D eigenvalue weighted by atomic mass is 14.9. The lowest BCUT2D eigenvalue weighted by Gasteiger charge is -2.18. The van der Waals surface area contributed by atoms with Gasteiger partial charge in [-0.3, -0.25) is 9.97 Å². The van der Waals surface area contributed by atoms with Gasteiger partial charge in [-0.1, -0.05) is 13.0 Å². The third-order valence-corrected chi connectivity index (χ3v) is 3.17. The molecule has 0 bridgehead atoms. The zero-order valence-corrected chi connectivity index (χ0v) is 10.9. The number of nitrogens with zero attached hydrogens (tertiary/aromatic N) is 2. The maximum atomic E-state index is 4.54. The van der Waals surface area contributed by atoms with Crippen LogP contribution in [0.3, 0.4) is 0 Å². The molecule has 0 aliphatic heterocycles. The molecule has 0 fully saturated rings. The fourth-order valence-corrected chi connectivity index (χ4v) is 2.15. The summed E-state index contributed by atoms with van der Waals surface area (Å²) in [6.45, 7) is 2.17. The van der Waals surface area contributed by atoms with Crippen molar-refractivity contribution in [3.05, 3.63) is 59.7 Å². The summed E-state index contributed by atoms with van der Waals surface area (Å²) in [5, 5.41) is 3.36. The van der Waals surface area contributed by atoms with Gasteiger partial charge >= 0.3 is 0 Å². The van der Waals surface area contributed by atoms with E-state index in [0.717, 1.165) is 18.5 Å². The van der Waals surface area contributed by atoms with Gasteiger partial charge in [-0.15, -0.1) is 0 Å². The Kier molecular flexibility index (Phi) is 4.42. The molecule has 0 saturated heterocycles. The van der Waals surface area contributed by atoms with E-state index in [4.69, 9.17) is 0 Å². The van der Waals surface area contributed by atoms with Crippen molar-refractivity contribution in [3.63, 3.8) is 0 Å². The van der Waals surface area contributed by atoms with E-state index in [9.17, 15) is 0 Å². The smallest absolute Gasteiger partial charge is 0.0608 e. The lowest BCUT2D eigenvalue weighted by Crippen LogP contribution is -2.21. The normalized spacial score (nSPS) is 12.3. The van der Waals surface area contributed by atoms with Crippen LogP contribution < -0.4 is 5.32 Å². The summed E-state index contributed by atoms with van der Waals surface area (Å²) in [4.78, 5) is 8.59. The van der Waals surface area contributed by atoms with E-state index in [-0.39, 0.29) is 6.04 Å². The minimum absolute atomic E-state index is 0.253. The number of hydrogen-bond donors (Lipinski definition) is 1. The first-order chi connectivity index (χ1) is 8.85. The molecule has 2 heterocycles. The first kappa shape index (κ1) is 12.7. The van der Waals surface area contributed by atoms with Gasteiger partial charge in [0.05, 0.1) is 11.7 Å². The number of rotatable bonds is 5. The van der Waals surface area contributed by atoms with Crippen molar-refractivity contribution in [1.29, 1.82) is 0 Å². The largest absolute Gasteiger partial charge is 0.311 e. The molecule has 0 amide bonds. The number of pyridine rings is 2. The van der Waals surface area contributed by atoms with E-state index in [0.29, 0.717) is 0 Å². The van der Waals surface area contributed by atoms with Gasteiger partial charge in [0.25, 0.3) is 0 Å². The Morgan fingerprint density at radius 2 is 1.94 bits per heavy atom. The van der Waals surface area contributed by atoms with Crippen LogP contribution in [0.15, 0.2) is 42.9 Å². The van der Waals surface area contributed by atoms with Crippen LogP contribution in [0, 0.1) is 0 Å². The molecule has 18 heavy (non-hydrogen) atoms. The fourth-order valence-electron chi connectivity index (χ4n) is 2.15. The van der Waals surface area contributed by atoms with Gasteiger partial charge in [0.1, 0.15) is 0 Å². The minimum Gasteiger partial charge on any atom is -0.311 e. The average molecular weight is 241 g/mol. The Hall–Kier alpha value is -1.74. The average Bonchev–Trinajstić information content (AvgIpc) is 2.46. The van der Waals surface area contributed by atoms with E-state index in [1.165, 1.54) is 11.1 Å². The summed E-state index contributed by atoms with van der Waals surface area (Å²) in [5.41, 5.74) is 3.74. The summed E-state index contributed by atoms with van der Waals surface area (Å²) in [6, 6.07) is 8.52. The van der Waals surface area contributed by atoms with E-state index in [1.807, 2.05) is 31.7 Å². The first-order valence-electron chi connectivity index (χ1n) is 6.35. The lowest BCUT2D eigenvalue weighted by molar-refractivity contribution is 0.569. The van der Waals surface area contributed by atoms with Crippen LogP contribution in [0.1, 0.15) is 29.8 Å². The quantitative estimate of drug-likeness (QED) is 0.874. The van der Waals surface area contributed by atoms with Gasteiger partial charge < -0.3 is 5.32 Å². The lowest BCUT2D eigenvalue weighted by atomic mass is 9.99. The number of likely N-dealkylation sites (N-methyl/N-ethyl adjacent to an activating group) is 1. The molecule has 0 saturated carbocycles. The van der Waals surface area contributed by atoms with Crippen LogP contribution >= 0.6 is 0 Å². The molecular weight excluding hydrogens is 222 g/mol. The van der Waals surface area contributed by atoms with Crippen LogP contribution in [-0.2, 0) is 12.8 Å². The van der Waals surface area contributed by atoms with Crippen LogP contribution in [0.2, 0.25) is 0 Å². The summed E-state index contributed by atoms with van der Waals surface area (Å²) in [5.74, 6) is 0. The highest BCUT2D eigenvalue weighted by molar-refractivity contribution is 5.25. The predicted octanol–water partition coefficient (Wildman–Crippen LogP) is 2.54. The summed E-state index contributed by atoms with van der Waals surface area (Å²) in [7, 11) is 1.99. The highest BCUT2D eigenvalue weighted by Gasteiger charge is 2.14. The SMILES string of the molecule is CCc1cccnc1C(Cc1ccncc1)NC. The van der Waals surface area contributed by atoms with E-state index in [1.54, 1.807) is 0 Å². The third kappa shape index (κ3) is 2.93. The second kappa shape index (κ2) is 6.26. The van der Waals surface area contributed by atoms with Gasteiger partial charge in [-0.25, -0.2) is 0 Å². The molecule has 3 heteroatoms. The van der Waals surface area contributed by atoms with Crippen molar-refractivity contribution in [2.75, 3.05) is 7.05 Å². The van der Waals surface area contributed by atoms with Gasteiger partial charge in [0, 0.05) is 18.6 Å². The van der Waals surface area contributed by atoms with E-state index >= 15 is 0 Å². The number of aryl methyl sites for hydroxylation is 1. The first-order valence-corrected chi connectivity index (χ1v) is 6.35. The van der Waals surface area contributed by atoms with Crippen LogP contribution in [0.5, 0.6) is 0 Å². The van der Waals surface area contributed by atoms with Gasteiger partial charge in [0.15, 0.2) is 0 Å². The molecule has 0 radical (unpaired) electrons. The maximum absolute atomic E-state index is 4.54. The molecule has 0 spiro atoms. The standard InChI is InChI=1S/C15H19N3/c1-3-13-5-4-8-18-15(13)14(16-2)11-12-6-9-17-10-7-12/h4-10,14,16H,3,11H2,1-2H3. The van der Waals surface area contributed by atoms with Crippen molar-refractivity contribution < 1.29 is 0 Å². The number of aromatic nitrogens is 2. The van der Waals surface area contributed by atoms with E-state index in [2.05, 4.69) is 40.4 Å². The van der Waals surface area contributed by atoms with Crippen LogP contribution in [-0.4, -0.2) is 17.0 Å². The Balaban J connectivity index is 2.23. The zero-order valence-electron chi connectivity index (χ0n) is 10.9. The van der Waals surface area contributed by atoms with Crippen molar-refractivity contribution in [2.45, 2.75) is 25.8 Å². The maximum Gasteiger partial charge on any atom is 0.0608 e. The molecule has 0 aromatic carbocycles. The highest BCUT2D eigenvalue weighted by Crippen LogP contribution is 2.19. The Bertz CT molecular complexity index is 482. The molecule has 0 aliphatic rings. The topological polar surface area (TPSA) is 37.8 Å². The van der Waals surface area contributed by atoms with Gasteiger partial charge in [-0.05, 0) is 49.2 Å². The second-order valence-corrected chi connectivity index (χ2v) is 4.30. The van der Waals surface area contributed by atoms with Gasteiger partial charge in [0.2, 0.25) is 0 Å². The molecule has 0 aliphatic carbocycles. The molecule has 94 valence electrons. The van der Waals surface area contributed by atoms with Crippen molar-refractivity contribution in [1.82, 2.24) is 15.3 Å². The van der Waals surface area contributed by atoms with Gasteiger partial charge in [-0.2, -0.15) is 0 Å². The van der Waals surface area contributed by atoms with Crippen LogP contribution in [0.4, 0.5) is 0 Å². The molecule has 1 N–H and O–H groups in total. The monoisotopic (exact) mass is 241 g/mol. The van der Waals surface area contributed by atoms with Crippen molar-refractivity contribution >= 4 is 0 Å². The van der Waals surface area contributed by atoms with Crippen molar-refractivity contribution in [2.24, 2.45) is 0 Å². The summed E-state index contributed by atoms with van der Waals surface area (Å²) < 4.78 is 0. The van der Waals surface area contributed by atoms with Crippen molar-refractivity contribution in [3.8, 4) is 0 Å². The Labute approximate surface area is 108 Å². The number of nitrogens with one attached hydrogen (secondary N) is 1. The molecule has 3 nitrogen and oxygen atoms in total. The molecule has 1 unspecified atom stereocenters. The third-order valence-electron chi connectivity index (χ3n) is 3.17. The van der Waals surface area contributed by atoms with E-state index < -0.39 is 0 Å². The Morgan fingerprint density at radius 3 is 2.61 bits per heavy atom. The predicted molar refractivity (Wildman–Crippen MR) is 73.4 cm³/mol. The molecule has 2 aromatic heterocycles. The zero-order chi connectivity index (χ0) is 12.8. The molecule has 1 atom stereocenters. The number of hydrogen-bond acceptors (Lipinski definition) is 3. The van der Waals surface area contributed by atoms with Crippen LogP contribution in [0.25, 0.3) is 0 Å². The minimum atomic E-state index is 0.253. The molecular formula is C15H19N3. The second-order valence-electron chi connectivity index (χ2n) is 4.30. The Morgan fingerprint density at radius 1 is 1.17 bits per heavy atom.